The van der Waals surface area contributed by atoms with Gasteiger partial charge in [0.15, 0.2) is 0 Å². The molecule has 5 heteroatoms. The van der Waals surface area contributed by atoms with Crippen LogP contribution in [0.2, 0.25) is 5.02 Å². The lowest BCUT2D eigenvalue weighted by molar-refractivity contribution is 0.495. The van der Waals surface area contributed by atoms with Gasteiger partial charge in [-0.25, -0.2) is 4.98 Å². The van der Waals surface area contributed by atoms with Gasteiger partial charge in [0, 0.05) is 24.7 Å². The number of H-pyrrole nitrogens is 1. The first-order valence-corrected chi connectivity index (χ1v) is 9.87. The van der Waals surface area contributed by atoms with Crippen molar-refractivity contribution < 1.29 is 0 Å². The summed E-state index contributed by atoms with van der Waals surface area (Å²) in [5.74, 6) is 1.94. The lowest BCUT2D eigenvalue weighted by Crippen LogP contribution is -2.34. The molecule has 4 rings (SSSR count). The number of benzene rings is 2. The normalized spacial score (nSPS) is 17.4. The fourth-order valence-corrected chi connectivity index (χ4v) is 4.04. The Morgan fingerprint density at radius 3 is 2.85 bits per heavy atom. The van der Waals surface area contributed by atoms with Crippen molar-refractivity contribution in [2.75, 3.05) is 18.0 Å². The quantitative estimate of drug-likeness (QED) is 0.645. The second-order valence-corrected chi connectivity index (χ2v) is 8.02. The number of hydrogen-bond donors (Lipinski definition) is 1. The summed E-state index contributed by atoms with van der Waals surface area (Å²) < 4.78 is 0. The molecule has 1 N–H and O–H groups in total. The first-order chi connectivity index (χ1) is 13.0. The van der Waals surface area contributed by atoms with Gasteiger partial charge in [0.25, 0.3) is 0 Å². The molecule has 0 amide bonds. The summed E-state index contributed by atoms with van der Waals surface area (Å²) in [6, 6.07) is 14.3. The van der Waals surface area contributed by atoms with Gasteiger partial charge in [-0.15, -0.1) is 0 Å². The van der Waals surface area contributed by atoms with Crippen LogP contribution in [0.15, 0.2) is 36.4 Å². The Labute approximate surface area is 164 Å². The Morgan fingerprint density at radius 2 is 2.11 bits per heavy atom. The molecule has 3 aromatic rings. The molecule has 138 valence electrons. The minimum Gasteiger partial charge on any atom is -0.371 e. The molecule has 2 aromatic carbocycles. The number of nitriles is 1. The summed E-state index contributed by atoms with van der Waals surface area (Å²) in [5.41, 5.74) is 5.08. The van der Waals surface area contributed by atoms with Crippen LogP contribution in [-0.4, -0.2) is 23.1 Å². The van der Waals surface area contributed by atoms with Gasteiger partial charge in [-0.3, -0.25) is 0 Å². The van der Waals surface area contributed by atoms with Gasteiger partial charge in [0.1, 0.15) is 11.9 Å². The molecule has 27 heavy (non-hydrogen) atoms. The Hall–Kier alpha value is -2.51. The van der Waals surface area contributed by atoms with Crippen LogP contribution in [-0.2, 0) is 0 Å². The van der Waals surface area contributed by atoms with E-state index in [4.69, 9.17) is 21.8 Å². The third kappa shape index (κ3) is 3.52. The molecular formula is C22H23ClN4. The van der Waals surface area contributed by atoms with Gasteiger partial charge >= 0.3 is 0 Å². The van der Waals surface area contributed by atoms with Crippen molar-refractivity contribution in [2.24, 2.45) is 0 Å². The van der Waals surface area contributed by atoms with Crippen molar-refractivity contribution in [3.8, 4) is 6.07 Å². The molecule has 1 fully saturated rings. The Kier molecular flexibility index (Phi) is 4.80. The van der Waals surface area contributed by atoms with E-state index in [0.29, 0.717) is 22.4 Å². The van der Waals surface area contributed by atoms with Crippen LogP contribution in [0.4, 0.5) is 5.69 Å². The summed E-state index contributed by atoms with van der Waals surface area (Å²) in [7, 11) is 0. The number of imidazole rings is 1. The van der Waals surface area contributed by atoms with E-state index in [2.05, 4.69) is 48.0 Å². The van der Waals surface area contributed by atoms with Crippen molar-refractivity contribution in [2.45, 2.75) is 38.5 Å². The van der Waals surface area contributed by atoms with Crippen LogP contribution in [0.1, 0.15) is 55.5 Å². The highest BCUT2D eigenvalue weighted by Crippen LogP contribution is 2.32. The minimum atomic E-state index is 0.364. The number of piperidine rings is 1. The number of nitrogens with zero attached hydrogens (tertiary/aromatic N) is 3. The molecule has 2 heterocycles. The second kappa shape index (κ2) is 7.25. The topological polar surface area (TPSA) is 55.7 Å². The zero-order valence-electron chi connectivity index (χ0n) is 15.7. The van der Waals surface area contributed by atoms with E-state index in [0.717, 1.165) is 48.5 Å². The predicted octanol–water partition coefficient (Wildman–Crippen LogP) is 5.60. The van der Waals surface area contributed by atoms with E-state index in [1.54, 1.807) is 6.07 Å². The molecule has 1 aliphatic heterocycles. The van der Waals surface area contributed by atoms with Crippen molar-refractivity contribution in [3.63, 3.8) is 0 Å². The van der Waals surface area contributed by atoms with E-state index in [9.17, 15) is 0 Å². The summed E-state index contributed by atoms with van der Waals surface area (Å²) in [4.78, 5) is 10.8. The molecule has 1 saturated heterocycles. The van der Waals surface area contributed by atoms with Crippen molar-refractivity contribution >= 4 is 28.3 Å². The van der Waals surface area contributed by atoms with Crippen LogP contribution >= 0.6 is 11.6 Å². The van der Waals surface area contributed by atoms with Gasteiger partial charge in [0.2, 0.25) is 0 Å². The van der Waals surface area contributed by atoms with E-state index in [1.165, 1.54) is 5.56 Å². The third-order valence-corrected chi connectivity index (χ3v) is 5.75. The number of fused-ring (bicyclic) bond motifs is 1. The molecule has 0 aliphatic carbocycles. The summed E-state index contributed by atoms with van der Waals surface area (Å²) in [6.45, 7) is 6.32. The van der Waals surface area contributed by atoms with E-state index >= 15 is 0 Å². The average molecular weight is 379 g/mol. The van der Waals surface area contributed by atoms with Crippen LogP contribution in [0.3, 0.4) is 0 Å². The lowest BCUT2D eigenvalue weighted by atomic mass is 9.96. The second-order valence-electron chi connectivity index (χ2n) is 7.61. The highest BCUT2D eigenvalue weighted by molar-refractivity contribution is 6.32. The maximum Gasteiger partial charge on any atom is 0.112 e. The molecule has 0 radical (unpaired) electrons. The molecule has 1 atom stereocenters. The zero-order chi connectivity index (χ0) is 19.0. The largest absolute Gasteiger partial charge is 0.371 e. The smallest absolute Gasteiger partial charge is 0.112 e. The van der Waals surface area contributed by atoms with E-state index in [1.807, 2.05) is 12.1 Å². The van der Waals surface area contributed by atoms with Gasteiger partial charge < -0.3 is 9.88 Å². The fraction of sp³-hybridized carbons (Fsp3) is 0.364. The van der Waals surface area contributed by atoms with Crippen molar-refractivity contribution in [3.05, 3.63) is 58.4 Å². The monoisotopic (exact) mass is 378 g/mol. The Balaban J connectivity index is 1.58. The number of aromatic nitrogens is 2. The number of nitrogens with one attached hydrogen (secondary N) is 1. The molecule has 4 nitrogen and oxygen atoms in total. The summed E-state index contributed by atoms with van der Waals surface area (Å²) in [5, 5.41) is 9.59. The highest BCUT2D eigenvalue weighted by atomic mass is 35.5. The van der Waals surface area contributed by atoms with Crippen LogP contribution in [0.25, 0.3) is 11.0 Å². The lowest BCUT2D eigenvalue weighted by Gasteiger charge is -2.33. The maximum absolute atomic E-state index is 9.07. The number of aromatic amines is 1. The predicted molar refractivity (Wildman–Crippen MR) is 111 cm³/mol. The third-order valence-electron chi connectivity index (χ3n) is 5.44. The van der Waals surface area contributed by atoms with Gasteiger partial charge in [-0.05, 0) is 54.7 Å². The van der Waals surface area contributed by atoms with E-state index in [-0.39, 0.29) is 0 Å². The Bertz CT molecular complexity index is 1010. The van der Waals surface area contributed by atoms with Gasteiger partial charge in [0.05, 0.1) is 21.6 Å². The molecule has 1 aliphatic rings. The van der Waals surface area contributed by atoms with Crippen LogP contribution in [0.5, 0.6) is 0 Å². The zero-order valence-corrected chi connectivity index (χ0v) is 16.4. The molecule has 0 unspecified atom stereocenters. The SMILES string of the molecule is CC(C)c1ccc2nc([C@H]3CCCN(c4ccc(C#N)c(Cl)c4)C3)[nH]c2c1. The van der Waals surface area contributed by atoms with Crippen molar-refractivity contribution in [1.82, 2.24) is 9.97 Å². The summed E-state index contributed by atoms with van der Waals surface area (Å²) in [6.07, 6.45) is 2.23. The van der Waals surface area contributed by atoms with E-state index < -0.39 is 0 Å². The first kappa shape index (κ1) is 17.9. The molecule has 1 aromatic heterocycles. The number of rotatable bonds is 3. The number of hydrogen-bond acceptors (Lipinski definition) is 3. The van der Waals surface area contributed by atoms with Gasteiger partial charge in [-0.1, -0.05) is 31.5 Å². The van der Waals surface area contributed by atoms with Gasteiger partial charge in [-0.2, -0.15) is 5.26 Å². The average Bonchev–Trinajstić information content (AvgIpc) is 3.11. The van der Waals surface area contributed by atoms with Crippen molar-refractivity contribution in [1.29, 1.82) is 5.26 Å². The fourth-order valence-electron chi connectivity index (χ4n) is 3.83. The number of anilines is 1. The maximum atomic E-state index is 9.07. The highest BCUT2D eigenvalue weighted by Gasteiger charge is 2.24. The molecule has 0 bridgehead atoms. The van der Waals surface area contributed by atoms with Crippen LogP contribution in [0, 0.1) is 11.3 Å². The van der Waals surface area contributed by atoms with Crippen LogP contribution < -0.4 is 4.90 Å². The standard InChI is InChI=1S/C22H23ClN4/c1-14(2)15-6-8-20-21(10-15)26-22(25-20)17-4-3-9-27(13-17)18-7-5-16(12-24)19(23)11-18/h5-8,10-11,14,17H,3-4,9,13H2,1-2H3,(H,25,26)/t17-/m0/s1. The molecule has 0 saturated carbocycles. The molecule has 0 spiro atoms. The first-order valence-electron chi connectivity index (χ1n) is 9.49. The molecular weight excluding hydrogens is 356 g/mol. The number of halogens is 1. The summed E-state index contributed by atoms with van der Waals surface area (Å²) >= 11 is 6.23. The Morgan fingerprint density at radius 1 is 1.26 bits per heavy atom. The minimum absolute atomic E-state index is 0.364.